The molecule has 3 aliphatic rings. The average molecular weight is 220 g/mol. The van der Waals surface area contributed by atoms with Gasteiger partial charge in [-0.25, -0.2) is 0 Å². The van der Waals surface area contributed by atoms with Crippen LogP contribution in [0.15, 0.2) is 12.2 Å². The highest BCUT2D eigenvalue weighted by Gasteiger charge is 2.44. The number of hydrogen-bond donors (Lipinski definition) is 1. The second-order valence-corrected chi connectivity index (χ2v) is 6.03. The molecule has 0 aromatic rings. The van der Waals surface area contributed by atoms with E-state index in [9.17, 15) is 0 Å². The van der Waals surface area contributed by atoms with Gasteiger partial charge in [-0.2, -0.15) is 0 Å². The fraction of sp³-hybridized carbons (Fsp3) is 0.857. The summed E-state index contributed by atoms with van der Waals surface area (Å²) in [6, 6.07) is 0.824. The lowest BCUT2D eigenvalue weighted by molar-refractivity contribution is 0.0836. The van der Waals surface area contributed by atoms with Crippen LogP contribution < -0.4 is 5.32 Å². The molecular weight excluding hydrogens is 196 g/mol. The summed E-state index contributed by atoms with van der Waals surface area (Å²) < 4.78 is 0. The molecule has 0 bridgehead atoms. The molecule has 0 spiro atoms. The fourth-order valence-corrected chi connectivity index (χ4v) is 3.46. The van der Waals surface area contributed by atoms with Crippen molar-refractivity contribution < 1.29 is 0 Å². The Morgan fingerprint density at radius 1 is 1.25 bits per heavy atom. The molecule has 1 heterocycles. The lowest BCUT2D eigenvalue weighted by atomic mass is 9.90. The Morgan fingerprint density at radius 3 is 2.81 bits per heavy atom. The van der Waals surface area contributed by atoms with Gasteiger partial charge in [-0.15, -0.1) is 0 Å². The Hall–Kier alpha value is -0.340. The van der Waals surface area contributed by atoms with Crippen molar-refractivity contribution in [2.75, 3.05) is 19.6 Å². The van der Waals surface area contributed by atoms with Crippen LogP contribution in [0.25, 0.3) is 0 Å². The van der Waals surface area contributed by atoms with Gasteiger partial charge in [0.15, 0.2) is 0 Å². The summed E-state index contributed by atoms with van der Waals surface area (Å²) in [5.41, 5.74) is 0.416. The Kier molecular flexibility index (Phi) is 2.80. The SMILES string of the molecule is CC1(C2CC2)CN(C2CC=CCC2)CCN1. The molecule has 90 valence electrons. The second kappa shape index (κ2) is 4.15. The minimum atomic E-state index is 0.416. The lowest BCUT2D eigenvalue weighted by Crippen LogP contribution is -2.62. The van der Waals surface area contributed by atoms with Crippen molar-refractivity contribution in [3.63, 3.8) is 0 Å². The van der Waals surface area contributed by atoms with Gasteiger partial charge in [-0.1, -0.05) is 12.2 Å². The molecule has 3 rings (SSSR count). The Balaban J connectivity index is 1.64. The zero-order valence-corrected chi connectivity index (χ0v) is 10.4. The van der Waals surface area contributed by atoms with E-state index in [-0.39, 0.29) is 0 Å². The first-order valence-corrected chi connectivity index (χ1v) is 6.92. The van der Waals surface area contributed by atoms with E-state index < -0.39 is 0 Å². The Morgan fingerprint density at radius 2 is 2.12 bits per heavy atom. The molecule has 2 heteroatoms. The second-order valence-electron chi connectivity index (χ2n) is 6.03. The van der Waals surface area contributed by atoms with E-state index in [1.807, 2.05) is 0 Å². The molecule has 2 unspecified atom stereocenters. The van der Waals surface area contributed by atoms with Crippen molar-refractivity contribution in [1.82, 2.24) is 10.2 Å². The first-order chi connectivity index (χ1) is 7.78. The quantitative estimate of drug-likeness (QED) is 0.718. The van der Waals surface area contributed by atoms with Crippen LogP contribution in [-0.4, -0.2) is 36.1 Å². The maximum absolute atomic E-state index is 3.77. The summed E-state index contributed by atoms with van der Waals surface area (Å²) in [7, 11) is 0. The smallest absolute Gasteiger partial charge is 0.0309 e. The zero-order valence-electron chi connectivity index (χ0n) is 10.4. The maximum atomic E-state index is 3.77. The molecule has 2 nitrogen and oxygen atoms in total. The summed E-state index contributed by atoms with van der Waals surface area (Å²) in [6.45, 7) is 6.15. The Labute approximate surface area is 99.1 Å². The van der Waals surface area contributed by atoms with Gasteiger partial charge in [0.05, 0.1) is 0 Å². The van der Waals surface area contributed by atoms with Crippen molar-refractivity contribution in [2.24, 2.45) is 5.92 Å². The van der Waals surface area contributed by atoms with Gasteiger partial charge in [0.1, 0.15) is 0 Å². The van der Waals surface area contributed by atoms with E-state index in [0.717, 1.165) is 12.0 Å². The molecule has 16 heavy (non-hydrogen) atoms. The van der Waals surface area contributed by atoms with E-state index in [0.29, 0.717) is 5.54 Å². The van der Waals surface area contributed by atoms with Crippen molar-refractivity contribution in [1.29, 1.82) is 0 Å². The lowest BCUT2D eigenvalue weighted by Gasteiger charge is -2.45. The zero-order chi connectivity index (χ0) is 11.0. The van der Waals surface area contributed by atoms with Crippen molar-refractivity contribution in [3.8, 4) is 0 Å². The highest BCUT2D eigenvalue weighted by Crippen LogP contribution is 2.41. The van der Waals surface area contributed by atoms with Crippen LogP contribution in [0.3, 0.4) is 0 Å². The summed E-state index contributed by atoms with van der Waals surface area (Å²) in [5.74, 6) is 0.953. The molecule has 1 aliphatic heterocycles. The topological polar surface area (TPSA) is 15.3 Å². The van der Waals surface area contributed by atoms with Gasteiger partial charge < -0.3 is 5.32 Å². The van der Waals surface area contributed by atoms with Gasteiger partial charge in [-0.05, 0) is 44.9 Å². The molecule has 2 fully saturated rings. The van der Waals surface area contributed by atoms with Crippen LogP contribution in [0, 0.1) is 5.92 Å². The summed E-state index contributed by atoms with van der Waals surface area (Å²) in [4.78, 5) is 2.75. The molecule has 0 radical (unpaired) electrons. The predicted molar refractivity (Wildman–Crippen MR) is 67.5 cm³/mol. The van der Waals surface area contributed by atoms with E-state index >= 15 is 0 Å². The third-order valence-electron chi connectivity index (χ3n) is 4.70. The third kappa shape index (κ3) is 2.05. The average Bonchev–Trinajstić information content (AvgIpc) is 3.14. The molecule has 1 saturated carbocycles. The third-order valence-corrected chi connectivity index (χ3v) is 4.70. The molecule has 1 saturated heterocycles. The number of piperazine rings is 1. The molecule has 2 aliphatic carbocycles. The van der Waals surface area contributed by atoms with Gasteiger partial charge in [0.25, 0.3) is 0 Å². The summed E-state index contributed by atoms with van der Waals surface area (Å²) >= 11 is 0. The minimum Gasteiger partial charge on any atom is -0.309 e. The number of rotatable bonds is 2. The highest BCUT2D eigenvalue weighted by atomic mass is 15.2. The van der Waals surface area contributed by atoms with E-state index in [4.69, 9.17) is 0 Å². The monoisotopic (exact) mass is 220 g/mol. The summed E-state index contributed by atoms with van der Waals surface area (Å²) in [6.07, 6.45) is 11.6. The van der Waals surface area contributed by atoms with Crippen LogP contribution in [0.2, 0.25) is 0 Å². The van der Waals surface area contributed by atoms with E-state index in [2.05, 4.69) is 29.3 Å². The van der Waals surface area contributed by atoms with Crippen LogP contribution in [0.5, 0.6) is 0 Å². The molecule has 0 aromatic carbocycles. The van der Waals surface area contributed by atoms with Crippen molar-refractivity contribution in [2.45, 2.75) is 50.6 Å². The molecule has 0 aromatic heterocycles. The number of nitrogens with one attached hydrogen (secondary N) is 1. The number of allylic oxidation sites excluding steroid dienone is 1. The fourth-order valence-electron chi connectivity index (χ4n) is 3.46. The molecule has 1 N–H and O–H groups in total. The largest absolute Gasteiger partial charge is 0.309 e. The van der Waals surface area contributed by atoms with Crippen LogP contribution in [0.4, 0.5) is 0 Å². The van der Waals surface area contributed by atoms with Crippen LogP contribution in [-0.2, 0) is 0 Å². The molecular formula is C14H24N2. The van der Waals surface area contributed by atoms with Crippen LogP contribution in [0.1, 0.15) is 39.0 Å². The van der Waals surface area contributed by atoms with Crippen LogP contribution >= 0.6 is 0 Å². The van der Waals surface area contributed by atoms with Gasteiger partial charge in [0.2, 0.25) is 0 Å². The van der Waals surface area contributed by atoms with E-state index in [1.54, 1.807) is 0 Å². The Bertz CT molecular complexity index is 282. The minimum absolute atomic E-state index is 0.416. The van der Waals surface area contributed by atoms with Gasteiger partial charge >= 0.3 is 0 Å². The molecule has 0 amide bonds. The first-order valence-electron chi connectivity index (χ1n) is 6.92. The highest BCUT2D eigenvalue weighted by molar-refractivity contribution is 5.04. The van der Waals surface area contributed by atoms with E-state index in [1.165, 1.54) is 51.7 Å². The van der Waals surface area contributed by atoms with Crippen molar-refractivity contribution in [3.05, 3.63) is 12.2 Å². The summed E-state index contributed by atoms with van der Waals surface area (Å²) in [5, 5.41) is 3.77. The standard InChI is InChI=1S/C14H24N2/c1-14(12-7-8-12)11-16(10-9-15-14)13-5-3-2-4-6-13/h2-3,12-13,15H,4-11H2,1H3. The number of nitrogens with zero attached hydrogens (tertiary/aromatic N) is 1. The predicted octanol–water partition coefficient (Wildman–Crippen LogP) is 2.17. The number of hydrogen-bond acceptors (Lipinski definition) is 2. The normalized spacial score (nSPS) is 41.2. The van der Waals surface area contributed by atoms with Gasteiger partial charge in [0, 0.05) is 31.2 Å². The van der Waals surface area contributed by atoms with Crippen molar-refractivity contribution >= 4 is 0 Å². The maximum Gasteiger partial charge on any atom is 0.0309 e. The first kappa shape index (κ1) is 10.8. The molecule has 2 atom stereocenters. The van der Waals surface area contributed by atoms with Gasteiger partial charge in [-0.3, -0.25) is 4.90 Å².